The van der Waals surface area contributed by atoms with E-state index in [-0.39, 0.29) is 16.3 Å². The first-order chi connectivity index (χ1) is 11.4. The van der Waals surface area contributed by atoms with Crippen molar-refractivity contribution in [2.75, 3.05) is 27.2 Å². The Morgan fingerprint density at radius 2 is 2.04 bits per heavy atom. The van der Waals surface area contributed by atoms with E-state index < -0.39 is 17.1 Å². The van der Waals surface area contributed by atoms with Crippen molar-refractivity contribution in [3.05, 3.63) is 55.7 Å². The zero-order valence-electron chi connectivity index (χ0n) is 13.5. The largest absolute Gasteiger partial charge is 0.493 e. The zero-order valence-corrected chi connectivity index (χ0v) is 14.2. The van der Waals surface area contributed by atoms with Crippen LogP contribution in [-0.2, 0) is 0 Å². The van der Waals surface area contributed by atoms with E-state index >= 15 is 0 Å². The molecule has 24 heavy (non-hydrogen) atoms. The molecule has 1 aromatic carbocycles. The average Bonchev–Trinajstić information content (AvgIpc) is 2.51. The number of nitrogens with one attached hydrogen (secondary N) is 1. The van der Waals surface area contributed by atoms with E-state index in [9.17, 15) is 14.7 Å². The van der Waals surface area contributed by atoms with Crippen molar-refractivity contribution in [2.24, 2.45) is 4.99 Å². The van der Waals surface area contributed by atoms with Gasteiger partial charge in [-0.15, -0.1) is 0 Å². The minimum Gasteiger partial charge on any atom is -0.493 e. The summed E-state index contributed by atoms with van der Waals surface area (Å²) in [6.07, 6.45) is 2.09. The molecule has 2 rings (SSSR count). The van der Waals surface area contributed by atoms with E-state index in [1.54, 1.807) is 24.3 Å². The molecule has 0 fully saturated rings. The number of nitrogens with zero attached hydrogens (tertiary/aromatic N) is 3. The summed E-state index contributed by atoms with van der Waals surface area (Å²) in [5.41, 5.74) is -1.27. The molecule has 1 heterocycles. The maximum absolute atomic E-state index is 12.1. The smallest absolute Gasteiger partial charge is 0.335 e. The van der Waals surface area contributed by atoms with Gasteiger partial charge < -0.3 is 10.0 Å². The molecule has 0 saturated carbocycles. The molecule has 0 spiro atoms. The molecule has 2 N–H and O–H groups in total. The lowest BCUT2D eigenvalue weighted by Gasteiger charge is -2.11. The highest BCUT2D eigenvalue weighted by molar-refractivity contribution is 6.32. The second-order valence-electron chi connectivity index (χ2n) is 5.48. The van der Waals surface area contributed by atoms with Gasteiger partial charge in [0.2, 0.25) is 5.88 Å². The molecule has 0 atom stereocenters. The van der Waals surface area contributed by atoms with Crippen LogP contribution in [0.15, 0.2) is 38.8 Å². The first-order valence-corrected chi connectivity index (χ1v) is 7.77. The van der Waals surface area contributed by atoms with Crippen molar-refractivity contribution in [2.45, 2.75) is 6.42 Å². The van der Waals surface area contributed by atoms with Crippen molar-refractivity contribution in [3.8, 4) is 11.6 Å². The number of aromatic hydroxyl groups is 1. The Balaban J connectivity index is 2.39. The van der Waals surface area contributed by atoms with Crippen molar-refractivity contribution in [3.63, 3.8) is 0 Å². The number of aliphatic imine (C=N–C) groups is 1. The molecule has 0 unspecified atom stereocenters. The summed E-state index contributed by atoms with van der Waals surface area (Å²) in [6.45, 7) is 1.36. The van der Waals surface area contributed by atoms with Crippen LogP contribution in [0.25, 0.3) is 5.69 Å². The van der Waals surface area contributed by atoms with E-state index in [0.717, 1.165) is 17.5 Å². The van der Waals surface area contributed by atoms with Gasteiger partial charge in [0.1, 0.15) is 5.56 Å². The summed E-state index contributed by atoms with van der Waals surface area (Å²) < 4.78 is 0.949. The number of para-hydroxylation sites is 1. The monoisotopic (exact) mass is 350 g/mol. The normalized spacial score (nSPS) is 11.5. The minimum atomic E-state index is -0.768. The fourth-order valence-corrected chi connectivity index (χ4v) is 2.37. The molecule has 7 nitrogen and oxygen atoms in total. The highest BCUT2D eigenvalue weighted by Crippen LogP contribution is 2.22. The van der Waals surface area contributed by atoms with E-state index in [1.807, 2.05) is 19.0 Å². The number of halogens is 1. The lowest BCUT2D eigenvalue weighted by Crippen LogP contribution is -2.31. The molecule has 0 aliphatic heterocycles. The van der Waals surface area contributed by atoms with E-state index in [4.69, 9.17) is 11.6 Å². The van der Waals surface area contributed by atoms with Gasteiger partial charge >= 0.3 is 5.69 Å². The van der Waals surface area contributed by atoms with Crippen LogP contribution in [0.1, 0.15) is 12.0 Å². The Morgan fingerprint density at radius 3 is 2.71 bits per heavy atom. The second kappa shape index (κ2) is 7.94. The van der Waals surface area contributed by atoms with Crippen molar-refractivity contribution >= 4 is 17.8 Å². The Hall–Kier alpha value is -2.38. The summed E-state index contributed by atoms with van der Waals surface area (Å²) in [5, 5.41) is 10.6. The quantitative estimate of drug-likeness (QED) is 0.606. The predicted molar refractivity (Wildman–Crippen MR) is 95.0 cm³/mol. The molecule has 0 saturated heterocycles. The minimum absolute atomic E-state index is 0.0839. The fourth-order valence-electron chi connectivity index (χ4n) is 2.15. The van der Waals surface area contributed by atoms with E-state index in [1.165, 1.54) is 6.21 Å². The van der Waals surface area contributed by atoms with Gasteiger partial charge in [0.25, 0.3) is 5.56 Å². The van der Waals surface area contributed by atoms with Crippen molar-refractivity contribution in [1.82, 2.24) is 14.5 Å². The first kappa shape index (κ1) is 18.0. The SMILES string of the molecule is CN(C)CCCN=Cc1c(O)n(-c2ccccc2Cl)c(=O)[nH]c1=O. The van der Waals surface area contributed by atoms with Gasteiger partial charge in [0, 0.05) is 12.8 Å². The Labute approximate surface area is 143 Å². The third-order valence-corrected chi connectivity index (χ3v) is 3.65. The molecule has 0 radical (unpaired) electrons. The van der Waals surface area contributed by atoms with Crippen LogP contribution in [-0.4, -0.2) is 53.0 Å². The Kier molecular flexibility index (Phi) is 5.94. The molecular formula is C16H19ClN4O3. The van der Waals surface area contributed by atoms with Crippen LogP contribution in [0.4, 0.5) is 0 Å². The summed E-state index contributed by atoms with van der Waals surface area (Å²) in [4.78, 5) is 32.3. The average molecular weight is 351 g/mol. The van der Waals surface area contributed by atoms with Crippen LogP contribution >= 0.6 is 11.6 Å². The fraction of sp³-hybridized carbons (Fsp3) is 0.312. The van der Waals surface area contributed by atoms with Gasteiger partial charge in [-0.05, 0) is 39.2 Å². The van der Waals surface area contributed by atoms with Crippen molar-refractivity contribution < 1.29 is 5.11 Å². The molecule has 0 bridgehead atoms. The van der Waals surface area contributed by atoms with Crippen LogP contribution in [0.3, 0.4) is 0 Å². The third kappa shape index (κ3) is 4.12. The lowest BCUT2D eigenvalue weighted by atomic mass is 10.3. The summed E-state index contributed by atoms with van der Waals surface area (Å²) in [5.74, 6) is -0.492. The van der Waals surface area contributed by atoms with Crippen LogP contribution in [0, 0.1) is 0 Å². The topological polar surface area (TPSA) is 90.7 Å². The molecule has 0 aliphatic rings. The van der Waals surface area contributed by atoms with Gasteiger partial charge in [-0.3, -0.25) is 14.8 Å². The molecule has 0 aliphatic carbocycles. The zero-order chi connectivity index (χ0) is 17.7. The summed E-state index contributed by atoms with van der Waals surface area (Å²) in [6, 6.07) is 6.53. The standard InChI is InChI=1S/C16H19ClN4O3/c1-20(2)9-5-8-18-10-11-14(22)19-16(24)21(15(11)23)13-7-4-3-6-12(13)17/h3-4,6-7,10,23H,5,8-9H2,1-2H3,(H,19,22,24). The Bertz CT molecular complexity index is 855. The highest BCUT2D eigenvalue weighted by Gasteiger charge is 2.15. The molecule has 128 valence electrons. The van der Waals surface area contributed by atoms with E-state index in [0.29, 0.717) is 6.54 Å². The number of rotatable bonds is 6. The van der Waals surface area contributed by atoms with Crippen LogP contribution in [0.5, 0.6) is 5.88 Å². The third-order valence-electron chi connectivity index (χ3n) is 3.33. The summed E-state index contributed by atoms with van der Waals surface area (Å²) in [7, 11) is 3.92. The molecule has 2 aromatic rings. The van der Waals surface area contributed by atoms with Crippen LogP contribution in [0.2, 0.25) is 5.02 Å². The second-order valence-corrected chi connectivity index (χ2v) is 5.88. The molecule has 8 heteroatoms. The molecule has 0 amide bonds. The van der Waals surface area contributed by atoms with Gasteiger partial charge in [-0.25, -0.2) is 9.36 Å². The predicted octanol–water partition coefficient (Wildman–Crippen LogP) is 1.26. The number of H-pyrrole nitrogens is 1. The van der Waals surface area contributed by atoms with Gasteiger partial charge in [-0.1, -0.05) is 23.7 Å². The van der Waals surface area contributed by atoms with Gasteiger partial charge in [-0.2, -0.15) is 0 Å². The number of aromatic amines is 1. The van der Waals surface area contributed by atoms with E-state index in [2.05, 4.69) is 9.98 Å². The van der Waals surface area contributed by atoms with Gasteiger partial charge in [0.05, 0.1) is 10.7 Å². The molecular weight excluding hydrogens is 332 g/mol. The first-order valence-electron chi connectivity index (χ1n) is 7.39. The van der Waals surface area contributed by atoms with Gasteiger partial charge in [0.15, 0.2) is 0 Å². The highest BCUT2D eigenvalue weighted by atomic mass is 35.5. The molecule has 1 aromatic heterocycles. The summed E-state index contributed by atoms with van der Waals surface area (Å²) >= 11 is 6.07. The van der Waals surface area contributed by atoms with Crippen molar-refractivity contribution in [1.29, 1.82) is 0 Å². The Morgan fingerprint density at radius 1 is 1.33 bits per heavy atom. The number of benzene rings is 1. The van der Waals surface area contributed by atoms with Crippen LogP contribution < -0.4 is 11.2 Å². The maximum atomic E-state index is 12.1. The number of hydrogen-bond acceptors (Lipinski definition) is 5. The number of aromatic nitrogens is 2. The number of hydrogen-bond donors (Lipinski definition) is 2. The maximum Gasteiger partial charge on any atom is 0.335 e. The lowest BCUT2D eigenvalue weighted by molar-refractivity contribution is 0.403.